The van der Waals surface area contributed by atoms with Gasteiger partial charge in [-0.3, -0.25) is 0 Å². The van der Waals surface area contributed by atoms with Crippen molar-refractivity contribution in [3.63, 3.8) is 0 Å². The Labute approximate surface area is 130 Å². The fourth-order valence-electron chi connectivity index (χ4n) is 3.53. The first-order valence-corrected chi connectivity index (χ1v) is 8.39. The minimum atomic E-state index is 0.398. The third-order valence-corrected chi connectivity index (χ3v) is 4.65. The first kappa shape index (κ1) is 16.4. The molecule has 2 heteroatoms. The topological polar surface area (TPSA) is 21.3 Å². The Hall–Kier alpha value is -1.02. The predicted molar refractivity (Wildman–Crippen MR) is 89.9 cm³/mol. The maximum atomic E-state index is 5.84. The van der Waals surface area contributed by atoms with E-state index in [1.165, 1.54) is 31.2 Å². The molecule has 2 nitrogen and oxygen atoms in total. The van der Waals surface area contributed by atoms with E-state index < -0.39 is 0 Å². The van der Waals surface area contributed by atoms with Crippen molar-refractivity contribution in [2.24, 2.45) is 11.3 Å². The van der Waals surface area contributed by atoms with Gasteiger partial charge in [0.25, 0.3) is 0 Å². The van der Waals surface area contributed by atoms with Gasteiger partial charge in [-0.1, -0.05) is 45.7 Å². The third kappa shape index (κ3) is 5.03. The number of hydrogen-bond donors (Lipinski definition) is 1. The highest BCUT2D eigenvalue weighted by molar-refractivity contribution is 5.27. The molecule has 0 aromatic heterocycles. The average Bonchev–Trinajstić information content (AvgIpc) is 2.43. The molecule has 1 fully saturated rings. The smallest absolute Gasteiger partial charge is 0.119 e. The highest BCUT2D eigenvalue weighted by Gasteiger charge is 2.33. The lowest BCUT2D eigenvalue weighted by molar-refractivity contribution is 0.127. The Morgan fingerprint density at radius 1 is 1.19 bits per heavy atom. The second kappa shape index (κ2) is 7.31. The molecule has 21 heavy (non-hydrogen) atoms. The molecule has 2 unspecified atom stereocenters. The molecule has 0 saturated heterocycles. The summed E-state index contributed by atoms with van der Waals surface area (Å²) in [5.74, 6) is 1.76. The standard InChI is InChI=1S/C19H31NO/c1-15-8-7-9-16(14-15)21-13-12-20-18-11-6-5-10-17(18)19(2,3)4/h7-9,14,17-18,20H,5-6,10-13H2,1-4H3. The Morgan fingerprint density at radius 3 is 2.67 bits per heavy atom. The maximum absolute atomic E-state index is 5.84. The second-order valence-electron chi connectivity index (χ2n) is 7.48. The Kier molecular flexibility index (Phi) is 5.69. The molecule has 0 spiro atoms. The lowest BCUT2D eigenvalue weighted by Crippen LogP contribution is -2.45. The normalized spacial score (nSPS) is 23.0. The van der Waals surface area contributed by atoms with Crippen LogP contribution in [0.4, 0.5) is 0 Å². The number of hydrogen-bond acceptors (Lipinski definition) is 2. The zero-order valence-electron chi connectivity index (χ0n) is 14.1. The molecule has 1 aromatic carbocycles. The van der Waals surface area contributed by atoms with E-state index in [2.05, 4.69) is 51.2 Å². The Bertz CT molecular complexity index is 435. The van der Waals surface area contributed by atoms with Crippen molar-refractivity contribution in [3.8, 4) is 5.75 Å². The largest absolute Gasteiger partial charge is 0.492 e. The number of ether oxygens (including phenoxy) is 1. The molecule has 0 radical (unpaired) electrons. The van der Waals surface area contributed by atoms with Crippen LogP contribution < -0.4 is 10.1 Å². The fourth-order valence-corrected chi connectivity index (χ4v) is 3.53. The van der Waals surface area contributed by atoms with E-state index in [4.69, 9.17) is 4.74 Å². The van der Waals surface area contributed by atoms with Gasteiger partial charge in [0.1, 0.15) is 12.4 Å². The van der Waals surface area contributed by atoms with Gasteiger partial charge in [-0.25, -0.2) is 0 Å². The molecule has 1 saturated carbocycles. The van der Waals surface area contributed by atoms with E-state index in [9.17, 15) is 0 Å². The van der Waals surface area contributed by atoms with Gasteiger partial charge < -0.3 is 10.1 Å². The molecule has 0 amide bonds. The van der Waals surface area contributed by atoms with Crippen molar-refractivity contribution < 1.29 is 4.74 Å². The van der Waals surface area contributed by atoms with Crippen LogP contribution in [0.15, 0.2) is 24.3 Å². The average molecular weight is 289 g/mol. The minimum Gasteiger partial charge on any atom is -0.492 e. The van der Waals surface area contributed by atoms with Crippen LogP contribution in [-0.4, -0.2) is 19.2 Å². The zero-order chi connectivity index (χ0) is 15.3. The molecule has 2 rings (SSSR count). The summed E-state index contributed by atoms with van der Waals surface area (Å²) in [4.78, 5) is 0. The third-order valence-electron chi connectivity index (χ3n) is 4.65. The van der Waals surface area contributed by atoms with Crippen LogP contribution in [0.2, 0.25) is 0 Å². The summed E-state index contributed by atoms with van der Waals surface area (Å²) >= 11 is 0. The highest BCUT2D eigenvalue weighted by Crippen LogP contribution is 2.37. The fraction of sp³-hybridized carbons (Fsp3) is 0.684. The molecule has 1 aromatic rings. The maximum Gasteiger partial charge on any atom is 0.119 e. The lowest BCUT2D eigenvalue weighted by atomic mass is 9.69. The van der Waals surface area contributed by atoms with Crippen LogP contribution >= 0.6 is 0 Å². The molecule has 0 bridgehead atoms. The van der Waals surface area contributed by atoms with E-state index in [0.717, 1.165) is 24.8 Å². The predicted octanol–water partition coefficient (Wildman–Crippen LogP) is 4.57. The van der Waals surface area contributed by atoms with Crippen LogP contribution in [0.1, 0.15) is 52.0 Å². The van der Waals surface area contributed by atoms with Crippen molar-refractivity contribution in [2.75, 3.05) is 13.2 Å². The molecule has 1 aliphatic rings. The summed E-state index contributed by atoms with van der Waals surface area (Å²) in [6, 6.07) is 8.93. The van der Waals surface area contributed by atoms with Crippen molar-refractivity contribution in [3.05, 3.63) is 29.8 Å². The highest BCUT2D eigenvalue weighted by atomic mass is 16.5. The lowest BCUT2D eigenvalue weighted by Gasteiger charge is -2.41. The summed E-state index contributed by atoms with van der Waals surface area (Å²) in [7, 11) is 0. The van der Waals surface area contributed by atoms with Crippen molar-refractivity contribution >= 4 is 0 Å². The Morgan fingerprint density at radius 2 is 1.95 bits per heavy atom. The van der Waals surface area contributed by atoms with Crippen molar-refractivity contribution in [2.45, 2.75) is 59.4 Å². The first-order valence-electron chi connectivity index (χ1n) is 8.39. The van der Waals surface area contributed by atoms with Crippen molar-refractivity contribution in [1.29, 1.82) is 0 Å². The van der Waals surface area contributed by atoms with E-state index in [1.807, 2.05) is 6.07 Å². The van der Waals surface area contributed by atoms with E-state index >= 15 is 0 Å². The summed E-state index contributed by atoms with van der Waals surface area (Å²) in [6.07, 6.45) is 5.43. The quantitative estimate of drug-likeness (QED) is 0.802. The van der Waals surface area contributed by atoms with Gasteiger partial charge in [-0.2, -0.15) is 0 Å². The molecular formula is C19H31NO. The molecule has 0 heterocycles. The second-order valence-corrected chi connectivity index (χ2v) is 7.48. The van der Waals surface area contributed by atoms with Crippen LogP contribution in [0.5, 0.6) is 5.75 Å². The first-order chi connectivity index (χ1) is 9.97. The van der Waals surface area contributed by atoms with Crippen LogP contribution in [0.25, 0.3) is 0 Å². The molecular weight excluding hydrogens is 258 g/mol. The van der Waals surface area contributed by atoms with Crippen LogP contribution in [-0.2, 0) is 0 Å². The van der Waals surface area contributed by atoms with Gasteiger partial charge >= 0.3 is 0 Å². The van der Waals surface area contributed by atoms with Gasteiger partial charge in [-0.05, 0) is 48.8 Å². The van der Waals surface area contributed by atoms with Gasteiger partial charge in [0.15, 0.2) is 0 Å². The summed E-state index contributed by atoms with van der Waals surface area (Å²) < 4.78 is 5.84. The van der Waals surface area contributed by atoms with Gasteiger partial charge in [0.05, 0.1) is 0 Å². The van der Waals surface area contributed by atoms with E-state index in [-0.39, 0.29) is 0 Å². The van der Waals surface area contributed by atoms with Gasteiger partial charge in [-0.15, -0.1) is 0 Å². The SMILES string of the molecule is Cc1cccc(OCCNC2CCCCC2C(C)(C)C)c1. The molecule has 2 atom stereocenters. The Balaban J connectivity index is 1.76. The summed E-state index contributed by atoms with van der Waals surface area (Å²) in [5.41, 5.74) is 1.65. The number of rotatable bonds is 5. The number of aryl methyl sites for hydroxylation is 1. The molecule has 0 aliphatic heterocycles. The monoisotopic (exact) mass is 289 g/mol. The molecule has 1 N–H and O–H groups in total. The summed E-state index contributed by atoms with van der Waals surface area (Å²) in [6.45, 7) is 10.9. The van der Waals surface area contributed by atoms with E-state index in [1.54, 1.807) is 0 Å². The van der Waals surface area contributed by atoms with Crippen LogP contribution in [0.3, 0.4) is 0 Å². The van der Waals surface area contributed by atoms with Crippen LogP contribution in [0, 0.1) is 18.3 Å². The number of nitrogens with one attached hydrogen (secondary N) is 1. The summed E-state index contributed by atoms with van der Waals surface area (Å²) in [5, 5.41) is 3.74. The van der Waals surface area contributed by atoms with Crippen molar-refractivity contribution in [1.82, 2.24) is 5.32 Å². The van der Waals surface area contributed by atoms with Gasteiger partial charge in [0.2, 0.25) is 0 Å². The van der Waals surface area contributed by atoms with Gasteiger partial charge in [0, 0.05) is 12.6 Å². The van der Waals surface area contributed by atoms with E-state index in [0.29, 0.717) is 11.5 Å². The molecule has 1 aliphatic carbocycles. The zero-order valence-corrected chi connectivity index (χ0v) is 14.1. The number of benzene rings is 1. The minimum absolute atomic E-state index is 0.398. The molecule has 118 valence electrons.